The van der Waals surface area contributed by atoms with Crippen LogP contribution in [-0.4, -0.2) is 15.0 Å². The Balaban J connectivity index is 1.51. The molecule has 0 aliphatic heterocycles. The zero-order chi connectivity index (χ0) is 16.3. The van der Waals surface area contributed by atoms with Gasteiger partial charge in [0.15, 0.2) is 0 Å². The van der Waals surface area contributed by atoms with E-state index >= 15 is 0 Å². The van der Waals surface area contributed by atoms with Gasteiger partial charge in [0.05, 0.1) is 11.5 Å². The highest BCUT2D eigenvalue weighted by molar-refractivity contribution is 7.89. The SMILES string of the molecule is Cc1ccc(S(=O)(=O)NOCC2C/C2=C\c2ccccc2)cc1. The van der Waals surface area contributed by atoms with Gasteiger partial charge in [0.1, 0.15) is 0 Å². The van der Waals surface area contributed by atoms with Crippen molar-refractivity contribution in [3.05, 3.63) is 71.3 Å². The van der Waals surface area contributed by atoms with Crippen molar-refractivity contribution in [3.8, 4) is 0 Å². The maximum atomic E-state index is 12.1. The molecule has 1 unspecified atom stereocenters. The lowest BCUT2D eigenvalue weighted by Gasteiger charge is -2.06. The van der Waals surface area contributed by atoms with E-state index < -0.39 is 10.0 Å². The van der Waals surface area contributed by atoms with Gasteiger partial charge >= 0.3 is 0 Å². The van der Waals surface area contributed by atoms with Crippen LogP contribution in [0.2, 0.25) is 0 Å². The molecule has 0 bridgehead atoms. The maximum absolute atomic E-state index is 12.1. The van der Waals surface area contributed by atoms with Crippen LogP contribution in [0.15, 0.2) is 65.1 Å². The van der Waals surface area contributed by atoms with Crippen molar-refractivity contribution >= 4 is 16.1 Å². The number of aryl methyl sites for hydroxylation is 1. The summed E-state index contributed by atoms with van der Waals surface area (Å²) in [7, 11) is -3.61. The Morgan fingerprint density at radius 3 is 2.52 bits per heavy atom. The Morgan fingerprint density at radius 2 is 1.83 bits per heavy atom. The van der Waals surface area contributed by atoms with Crippen molar-refractivity contribution in [1.29, 1.82) is 0 Å². The third kappa shape index (κ3) is 4.28. The van der Waals surface area contributed by atoms with Crippen LogP contribution in [0.1, 0.15) is 17.5 Å². The first-order valence-corrected chi connectivity index (χ1v) is 8.99. The van der Waals surface area contributed by atoms with Gasteiger partial charge in [0.25, 0.3) is 10.0 Å². The minimum Gasteiger partial charge on any atom is -0.286 e. The van der Waals surface area contributed by atoms with Gasteiger partial charge in [-0.25, -0.2) is 8.42 Å². The van der Waals surface area contributed by atoms with E-state index in [-0.39, 0.29) is 10.8 Å². The molecule has 0 spiro atoms. The predicted molar refractivity (Wildman–Crippen MR) is 90.0 cm³/mol. The lowest BCUT2D eigenvalue weighted by molar-refractivity contribution is 0.0867. The van der Waals surface area contributed by atoms with Crippen LogP contribution in [0, 0.1) is 12.8 Å². The third-order valence-electron chi connectivity index (χ3n) is 3.78. The molecule has 0 aromatic heterocycles. The average Bonchev–Trinajstić information content (AvgIpc) is 3.26. The van der Waals surface area contributed by atoms with Crippen molar-refractivity contribution < 1.29 is 13.3 Å². The molecule has 1 N–H and O–H groups in total. The van der Waals surface area contributed by atoms with Gasteiger partial charge in [-0.05, 0) is 31.0 Å². The standard InChI is InChI=1S/C18H19NO3S/c1-14-7-9-18(10-8-14)23(20,21)19-22-13-17-12-16(17)11-15-5-3-2-4-6-15/h2-11,17,19H,12-13H2,1H3/b16-11+. The highest BCUT2D eigenvalue weighted by atomic mass is 32.2. The van der Waals surface area contributed by atoms with E-state index in [0.717, 1.165) is 17.5 Å². The molecule has 1 atom stereocenters. The van der Waals surface area contributed by atoms with Crippen LogP contribution in [-0.2, 0) is 14.9 Å². The van der Waals surface area contributed by atoms with E-state index in [1.807, 2.05) is 37.3 Å². The van der Waals surface area contributed by atoms with Gasteiger partial charge < -0.3 is 0 Å². The smallest absolute Gasteiger partial charge is 0.262 e. The van der Waals surface area contributed by atoms with E-state index in [0.29, 0.717) is 6.61 Å². The molecule has 1 saturated carbocycles. The van der Waals surface area contributed by atoms with Crippen molar-refractivity contribution in [2.45, 2.75) is 18.2 Å². The van der Waals surface area contributed by atoms with Crippen molar-refractivity contribution in [2.24, 2.45) is 5.92 Å². The first-order chi connectivity index (χ1) is 11.0. The Morgan fingerprint density at radius 1 is 1.13 bits per heavy atom. The van der Waals surface area contributed by atoms with Crippen LogP contribution in [0.3, 0.4) is 0 Å². The molecule has 4 nitrogen and oxygen atoms in total. The van der Waals surface area contributed by atoms with Crippen LogP contribution in [0.4, 0.5) is 0 Å². The van der Waals surface area contributed by atoms with Gasteiger partial charge in [0.2, 0.25) is 0 Å². The summed E-state index contributed by atoms with van der Waals surface area (Å²) >= 11 is 0. The minimum atomic E-state index is -3.61. The number of hydrogen-bond acceptors (Lipinski definition) is 3. The first kappa shape index (κ1) is 15.9. The zero-order valence-electron chi connectivity index (χ0n) is 12.9. The van der Waals surface area contributed by atoms with Gasteiger partial charge in [-0.15, -0.1) is 0 Å². The topological polar surface area (TPSA) is 55.4 Å². The second-order valence-electron chi connectivity index (χ2n) is 5.74. The van der Waals surface area contributed by atoms with Crippen LogP contribution < -0.4 is 4.89 Å². The number of hydrogen-bond donors (Lipinski definition) is 1. The van der Waals surface area contributed by atoms with Crippen molar-refractivity contribution in [3.63, 3.8) is 0 Å². The highest BCUT2D eigenvalue weighted by Gasteiger charge is 2.30. The molecule has 3 rings (SSSR count). The number of sulfonamides is 1. The average molecular weight is 329 g/mol. The Hall–Kier alpha value is -1.95. The fourth-order valence-corrected chi connectivity index (χ4v) is 3.12. The molecule has 2 aromatic rings. The Bertz CT molecular complexity index is 796. The summed E-state index contributed by atoms with van der Waals surface area (Å²) in [4.78, 5) is 7.60. The number of rotatable bonds is 6. The third-order valence-corrected chi connectivity index (χ3v) is 5.01. The van der Waals surface area contributed by atoms with Gasteiger partial charge in [-0.2, -0.15) is 0 Å². The van der Waals surface area contributed by atoms with E-state index in [9.17, 15) is 8.42 Å². The van der Waals surface area contributed by atoms with Crippen LogP contribution >= 0.6 is 0 Å². The lowest BCUT2D eigenvalue weighted by atomic mass is 10.2. The Kier molecular flexibility index (Phi) is 4.61. The Labute approximate surface area is 136 Å². The number of nitrogens with one attached hydrogen (secondary N) is 1. The minimum absolute atomic E-state index is 0.207. The molecular formula is C18H19NO3S. The first-order valence-electron chi connectivity index (χ1n) is 7.50. The summed E-state index contributed by atoms with van der Waals surface area (Å²) < 4.78 is 24.1. The molecule has 5 heteroatoms. The second-order valence-corrected chi connectivity index (χ2v) is 7.39. The van der Waals surface area contributed by atoms with Crippen molar-refractivity contribution in [1.82, 2.24) is 4.89 Å². The molecule has 120 valence electrons. The molecule has 23 heavy (non-hydrogen) atoms. The quantitative estimate of drug-likeness (QED) is 0.827. The summed E-state index contributed by atoms with van der Waals surface area (Å²) in [5.74, 6) is 0.288. The molecule has 1 aliphatic carbocycles. The molecule has 2 aromatic carbocycles. The van der Waals surface area contributed by atoms with Gasteiger partial charge in [-0.3, -0.25) is 4.84 Å². The van der Waals surface area contributed by atoms with Crippen molar-refractivity contribution in [2.75, 3.05) is 6.61 Å². The van der Waals surface area contributed by atoms with E-state index in [1.54, 1.807) is 24.3 Å². The van der Waals surface area contributed by atoms with E-state index in [4.69, 9.17) is 4.84 Å². The molecule has 0 amide bonds. The highest BCUT2D eigenvalue weighted by Crippen LogP contribution is 2.39. The summed E-state index contributed by atoms with van der Waals surface area (Å²) in [6.07, 6.45) is 3.07. The lowest BCUT2D eigenvalue weighted by Crippen LogP contribution is -2.25. The summed E-state index contributed by atoms with van der Waals surface area (Å²) in [5, 5.41) is 0. The van der Waals surface area contributed by atoms with Gasteiger partial charge in [0, 0.05) is 5.92 Å². The summed E-state index contributed by atoms with van der Waals surface area (Å²) in [6.45, 7) is 2.26. The molecule has 0 heterocycles. The van der Waals surface area contributed by atoms with Crippen LogP contribution in [0.5, 0.6) is 0 Å². The van der Waals surface area contributed by atoms with E-state index in [2.05, 4.69) is 11.0 Å². The summed E-state index contributed by atoms with van der Waals surface area (Å²) in [6, 6.07) is 16.7. The molecule has 0 radical (unpaired) electrons. The molecule has 0 saturated heterocycles. The van der Waals surface area contributed by atoms with E-state index in [1.165, 1.54) is 5.57 Å². The predicted octanol–water partition coefficient (Wildman–Crippen LogP) is 3.31. The zero-order valence-corrected chi connectivity index (χ0v) is 13.7. The summed E-state index contributed by atoms with van der Waals surface area (Å²) in [5.41, 5.74) is 3.45. The fourth-order valence-electron chi connectivity index (χ4n) is 2.31. The van der Waals surface area contributed by atoms with Crippen LogP contribution in [0.25, 0.3) is 6.08 Å². The molecule has 1 fully saturated rings. The molecule has 1 aliphatic rings. The monoisotopic (exact) mass is 329 g/mol. The largest absolute Gasteiger partial charge is 0.286 e. The maximum Gasteiger partial charge on any atom is 0.262 e. The molecular weight excluding hydrogens is 310 g/mol. The number of benzene rings is 2. The fraction of sp³-hybridized carbons (Fsp3) is 0.222. The van der Waals surface area contributed by atoms with Gasteiger partial charge in [-0.1, -0.05) is 64.6 Å². The second kappa shape index (κ2) is 6.66. The normalized spacial score (nSPS) is 19.0.